The van der Waals surface area contributed by atoms with Gasteiger partial charge >= 0.3 is 0 Å². The number of methoxy groups -OCH3 is 1. The van der Waals surface area contributed by atoms with E-state index in [0.29, 0.717) is 18.8 Å². The Labute approximate surface area is 113 Å². The van der Waals surface area contributed by atoms with E-state index in [1.165, 1.54) is 5.56 Å². The molecule has 4 nitrogen and oxygen atoms in total. The Morgan fingerprint density at radius 2 is 2.05 bits per heavy atom. The summed E-state index contributed by atoms with van der Waals surface area (Å²) in [6.45, 7) is 4.22. The first kappa shape index (κ1) is 13.6. The summed E-state index contributed by atoms with van der Waals surface area (Å²) in [5.74, 6) is 0.408. The molecule has 1 aromatic carbocycles. The average molecular weight is 261 g/mol. The van der Waals surface area contributed by atoms with Crippen LogP contribution in [-0.2, 0) is 9.59 Å². The molecule has 1 fully saturated rings. The maximum Gasteiger partial charge on any atom is 0.234 e. The molecule has 0 radical (unpaired) electrons. The molecule has 0 unspecified atom stereocenters. The van der Waals surface area contributed by atoms with E-state index in [-0.39, 0.29) is 17.7 Å². The molecule has 102 valence electrons. The normalized spacial score (nSPS) is 19.5. The van der Waals surface area contributed by atoms with Gasteiger partial charge in [0.25, 0.3) is 0 Å². The van der Waals surface area contributed by atoms with E-state index in [2.05, 4.69) is 19.2 Å². The van der Waals surface area contributed by atoms with Crippen LogP contribution in [-0.4, -0.2) is 18.9 Å². The number of rotatable bonds is 3. The third-order valence-electron chi connectivity index (χ3n) is 3.54. The molecule has 1 aliphatic heterocycles. The summed E-state index contributed by atoms with van der Waals surface area (Å²) in [5.41, 5.74) is 2.03. The van der Waals surface area contributed by atoms with Gasteiger partial charge in [-0.15, -0.1) is 0 Å². The Balaban J connectivity index is 2.34. The molecule has 1 N–H and O–H groups in total. The number of piperidine rings is 1. The van der Waals surface area contributed by atoms with E-state index in [1.54, 1.807) is 7.11 Å². The van der Waals surface area contributed by atoms with Crippen molar-refractivity contribution in [3.05, 3.63) is 29.3 Å². The fraction of sp³-hybridized carbons (Fsp3) is 0.467. The van der Waals surface area contributed by atoms with Gasteiger partial charge in [0.15, 0.2) is 0 Å². The van der Waals surface area contributed by atoms with Gasteiger partial charge in [-0.2, -0.15) is 0 Å². The summed E-state index contributed by atoms with van der Waals surface area (Å²) in [6.07, 6.45) is 0.924. The highest BCUT2D eigenvalue weighted by Crippen LogP contribution is 2.34. The molecule has 0 saturated carbocycles. The van der Waals surface area contributed by atoms with Gasteiger partial charge in [0.2, 0.25) is 11.8 Å². The van der Waals surface area contributed by atoms with Crippen LogP contribution in [0.2, 0.25) is 0 Å². The standard InChI is InChI=1S/C15H19NO3/c1-9(2)10-4-5-11(13(8-10)19-3)12-6-7-14(17)16-15(12)18/h4-5,8-9,12H,6-7H2,1-3H3,(H,16,17,18)/t12-/m1/s1. The predicted octanol–water partition coefficient (Wildman–Crippen LogP) is 2.34. The van der Waals surface area contributed by atoms with Crippen molar-refractivity contribution in [2.24, 2.45) is 0 Å². The summed E-state index contributed by atoms with van der Waals surface area (Å²) >= 11 is 0. The highest BCUT2D eigenvalue weighted by Gasteiger charge is 2.30. The van der Waals surface area contributed by atoms with E-state index >= 15 is 0 Å². The second kappa shape index (κ2) is 5.43. The monoisotopic (exact) mass is 261 g/mol. The van der Waals surface area contributed by atoms with E-state index in [4.69, 9.17) is 4.74 Å². The van der Waals surface area contributed by atoms with Gasteiger partial charge in [-0.1, -0.05) is 26.0 Å². The fourth-order valence-corrected chi connectivity index (χ4v) is 2.37. The summed E-state index contributed by atoms with van der Waals surface area (Å²) in [4.78, 5) is 23.1. The number of carbonyl (C=O) groups is 2. The van der Waals surface area contributed by atoms with Crippen molar-refractivity contribution in [3.8, 4) is 5.75 Å². The zero-order valence-corrected chi connectivity index (χ0v) is 11.5. The predicted molar refractivity (Wildman–Crippen MR) is 72.2 cm³/mol. The first-order valence-electron chi connectivity index (χ1n) is 6.54. The van der Waals surface area contributed by atoms with Crippen molar-refractivity contribution in [1.82, 2.24) is 5.32 Å². The number of hydrogen-bond acceptors (Lipinski definition) is 3. The summed E-state index contributed by atoms with van der Waals surface area (Å²) in [5, 5.41) is 2.38. The lowest BCUT2D eigenvalue weighted by molar-refractivity contribution is -0.134. The first-order valence-corrected chi connectivity index (χ1v) is 6.54. The van der Waals surface area contributed by atoms with Gasteiger partial charge in [0, 0.05) is 12.0 Å². The molecule has 0 aromatic heterocycles. The van der Waals surface area contributed by atoms with Gasteiger partial charge < -0.3 is 4.74 Å². The topological polar surface area (TPSA) is 55.4 Å². The van der Waals surface area contributed by atoms with Crippen molar-refractivity contribution < 1.29 is 14.3 Å². The third kappa shape index (κ3) is 2.78. The maximum atomic E-state index is 11.9. The molecule has 19 heavy (non-hydrogen) atoms. The Morgan fingerprint density at radius 1 is 1.32 bits per heavy atom. The lowest BCUT2D eigenvalue weighted by Gasteiger charge is -2.23. The molecular formula is C15H19NO3. The van der Waals surface area contributed by atoms with E-state index in [1.807, 2.05) is 18.2 Å². The molecule has 1 aliphatic rings. The highest BCUT2D eigenvalue weighted by atomic mass is 16.5. The molecular weight excluding hydrogens is 242 g/mol. The summed E-state index contributed by atoms with van der Waals surface area (Å²) in [7, 11) is 1.61. The van der Waals surface area contributed by atoms with Crippen LogP contribution >= 0.6 is 0 Å². The Hall–Kier alpha value is -1.84. The number of ether oxygens (including phenoxy) is 1. The molecule has 4 heteroatoms. The van der Waals surface area contributed by atoms with E-state index in [0.717, 1.165) is 11.3 Å². The molecule has 2 amide bonds. The van der Waals surface area contributed by atoms with E-state index < -0.39 is 0 Å². The molecule has 1 heterocycles. The van der Waals surface area contributed by atoms with Gasteiger partial charge in [0.1, 0.15) is 5.75 Å². The first-order chi connectivity index (χ1) is 9.02. The molecule has 1 aromatic rings. The van der Waals surface area contributed by atoms with Crippen molar-refractivity contribution in [2.45, 2.75) is 38.5 Å². The van der Waals surface area contributed by atoms with Crippen LogP contribution in [0.4, 0.5) is 0 Å². The van der Waals surface area contributed by atoms with Crippen LogP contribution in [0, 0.1) is 0 Å². The molecule has 0 aliphatic carbocycles. The Bertz CT molecular complexity index is 508. The number of benzene rings is 1. The van der Waals surface area contributed by atoms with Crippen LogP contribution in [0.15, 0.2) is 18.2 Å². The minimum absolute atomic E-state index is 0.195. The Kier molecular flexibility index (Phi) is 3.88. The van der Waals surface area contributed by atoms with Gasteiger partial charge in [-0.3, -0.25) is 14.9 Å². The number of nitrogens with one attached hydrogen (secondary N) is 1. The van der Waals surface area contributed by atoms with Crippen LogP contribution in [0.3, 0.4) is 0 Å². The zero-order chi connectivity index (χ0) is 14.0. The molecule has 2 rings (SSSR count). The molecule has 1 atom stereocenters. The number of imide groups is 1. The third-order valence-corrected chi connectivity index (χ3v) is 3.54. The van der Waals surface area contributed by atoms with Crippen LogP contribution in [0.5, 0.6) is 5.75 Å². The van der Waals surface area contributed by atoms with Crippen molar-refractivity contribution in [3.63, 3.8) is 0 Å². The van der Waals surface area contributed by atoms with Gasteiger partial charge in [-0.25, -0.2) is 0 Å². The quantitative estimate of drug-likeness (QED) is 0.850. The zero-order valence-electron chi connectivity index (χ0n) is 11.5. The highest BCUT2D eigenvalue weighted by molar-refractivity contribution is 6.01. The maximum absolute atomic E-state index is 11.9. The summed E-state index contributed by atoms with van der Waals surface area (Å²) in [6, 6.07) is 5.93. The molecule has 1 saturated heterocycles. The van der Waals surface area contributed by atoms with Gasteiger partial charge in [-0.05, 0) is 24.0 Å². The lowest BCUT2D eigenvalue weighted by Crippen LogP contribution is -2.39. The smallest absolute Gasteiger partial charge is 0.234 e. The van der Waals surface area contributed by atoms with Crippen LogP contribution < -0.4 is 10.1 Å². The fourth-order valence-electron chi connectivity index (χ4n) is 2.37. The lowest BCUT2D eigenvalue weighted by atomic mass is 9.88. The average Bonchev–Trinajstić information content (AvgIpc) is 2.38. The van der Waals surface area contributed by atoms with Crippen molar-refractivity contribution >= 4 is 11.8 Å². The minimum Gasteiger partial charge on any atom is -0.496 e. The second-order valence-electron chi connectivity index (χ2n) is 5.16. The second-order valence-corrected chi connectivity index (χ2v) is 5.16. The summed E-state index contributed by atoms with van der Waals surface area (Å²) < 4.78 is 5.40. The Morgan fingerprint density at radius 3 is 2.63 bits per heavy atom. The van der Waals surface area contributed by atoms with E-state index in [9.17, 15) is 9.59 Å². The van der Waals surface area contributed by atoms with Crippen molar-refractivity contribution in [2.75, 3.05) is 7.11 Å². The number of amides is 2. The van der Waals surface area contributed by atoms with Crippen LogP contribution in [0.1, 0.15) is 49.7 Å². The van der Waals surface area contributed by atoms with Crippen LogP contribution in [0.25, 0.3) is 0 Å². The SMILES string of the molecule is COc1cc(C(C)C)ccc1[C@H]1CCC(=O)NC1=O. The molecule has 0 spiro atoms. The number of carbonyl (C=O) groups excluding carboxylic acids is 2. The number of hydrogen-bond donors (Lipinski definition) is 1. The minimum atomic E-state index is -0.297. The molecule has 0 bridgehead atoms. The van der Waals surface area contributed by atoms with Crippen molar-refractivity contribution in [1.29, 1.82) is 0 Å². The van der Waals surface area contributed by atoms with Gasteiger partial charge in [0.05, 0.1) is 13.0 Å². The largest absolute Gasteiger partial charge is 0.496 e.